The highest BCUT2D eigenvalue weighted by Gasteiger charge is 2.34. The maximum atomic E-state index is 11.5. The lowest BCUT2D eigenvalue weighted by atomic mass is 9.93. The molecule has 0 unspecified atom stereocenters. The first-order valence-corrected chi connectivity index (χ1v) is 7.52. The van der Waals surface area contributed by atoms with Gasteiger partial charge in [-0.2, -0.15) is 11.8 Å². The molecule has 0 atom stereocenters. The van der Waals surface area contributed by atoms with Crippen LogP contribution in [0.5, 0.6) is 0 Å². The Morgan fingerprint density at radius 2 is 2.00 bits per heavy atom. The number of hydrogen-bond donors (Lipinski definition) is 1. The Labute approximate surface area is 109 Å². The zero-order valence-corrected chi connectivity index (χ0v) is 12.3. The summed E-state index contributed by atoms with van der Waals surface area (Å²) in [6, 6.07) is 0. The molecule has 1 aliphatic rings. The van der Waals surface area contributed by atoms with E-state index in [-0.39, 0.29) is 5.97 Å². The topological polar surface area (TPSA) is 38.3 Å². The van der Waals surface area contributed by atoms with Crippen LogP contribution in [0.4, 0.5) is 0 Å². The summed E-state index contributed by atoms with van der Waals surface area (Å²) >= 11 is 1.97. The minimum Gasteiger partial charge on any atom is -0.469 e. The lowest BCUT2D eigenvalue weighted by Crippen LogP contribution is -2.42. The van der Waals surface area contributed by atoms with Gasteiger partial charge in [0.1, 0.15) is 0 Å². The monoisotopic (exact) mass is 259 g/mol. The highest BCUT2D eigenvalue weighted by molar-refractivity contribution is 8.00. The molecule has 0 bridgehead atoms. The standard InChI is InChI=1S/C13H25NO2S/c1-12(2,11(15)16-3)9-14-10-13(17-4)7-5-6-8-13/h14H,5-10H2,1-4H3. The first-order chi connectivity index (χ1) is 7.96. The maximum Gasteiger partial charge on any atom is 0.312 e. The Morgan fingerprint density at radius 3 is 2.47 bits per heavy atom. The van der Waals surface area contributed by atoms with Gasteiger partial charge in [0.25, 0.3) is 0 Å². The third kappa shape index (κ3) is 3.88. The first kappa shape index (κ1) is 14.8. The fourth-order valence-corrected chi connectivity index (χ4v) is 3.37. The Morgan fingerprint density at radius 1 is 1.41 bits per heavy atom. The smallest absolute Gasteiger partial charge is 0.312 e. The molecule has 1 fully saturated rings. The van der Waals surface area contributed by atoms with Crippen LogP contribution in [0.15, 0.2) is 0 Å². The van der Waals surface area contributed by atoms with E-state index in [0.29, 0.717) is 11.3 Å². The maximum absolute atomic E-state index is 11.5. The average Bonchev–Trinajstić information content (AvgIpc) is 2.77. The molecule has 1 N–H and O–H groups in total. The van der Waals surface area contributed by atoms with E-state index in [1.807, 2.05) is 25.6 Å². The molecule has 0 aromatic carbocycles. The normalized spacial score (nSPS) is 19.3. The minimum absolute atomic E-state index is 0.144. The molecule has 0 aliphatic heterocycles. The molecule has 1 saturated carbocycles. The van der Waals surface area contributed by atoms with Crippen LogP contribution in [0, 0.1) is 5.41 Å². The molecule has 0 amide bonds. The Balaban J connectivity index is 2.38. The van der Waals surface area contributed by atoms with Crippen molar-refractivity contribution >= 4 is 17.7 Å². The molecule has 100 valence electrons. The molecule has 17 heavy (non-hydrogen) atoms. The second-order valence-electron chi connectivity index (χ2n) is 5.57. The van der Waals surface area contributed by atoms with Crippen LogP contribution in [0.1, 0.15) is 39.5 Å². The third-order valence-electron chi connectivity index (χ3n) is 3.70. The summed E-state index contributed by atoms with van der Waals surface area (Å²) in [5.74, 6) is -0.144. The van der Waals surface area contributed by atoms with Gasteiger partial charge in [-0.15, -0.1) is 0 Å². The molecular formula is C13H25NO2S. The van der Waals surface area contributed by atoms with E-state index in [2.05, 4.69) is 11.6 Å². The van der Waals surface area contributed by atoms with Gasteiger partial charge in [-0.3, -0.25) is 4.79 Å². The van der Waals surface area contributed by atoms with Crippen molar-refractivity contribution in [3.63, 3.8) is 0 Å². The predicted molar refractivity (Wildman–Crippen MR) is 73.4 cm³/mol. The van der Waals surface area contributed by atoms with Gasteiger partial charge in [-0.25, -0.2) is 0 Å². The Bertz CT molecular complexity index is 260. The summed E-state index contributed by atoms with van der Waals surface area (Å²) in [7, 11) is 1.45. The van der Waals surface area contributed by atoms with Crippen LogP contribution < -0.4 is 5.32 Å². The quantitative estimate of drug-likeness (QED) is 0.744. The van der Waals surface area contributed by atoms with Crippen molar-refractivity contribution in [3.05, 3.63) is 0 Å². The highest BCUT2D eigenvalue weighted by atomic mass is 32.2. The van der Waals surface area contributed by atoms with E-state index >= 15 is 0 Å². The van der Waals surface area contributed by atoms with Crippen LogP contribution in [-0.4, -0.2) is 37.2 Å². The SMILES string of the molecule is COC(=O)C(C)(C)CNCC1(SC)CCCC1. The number of methoxy groups -OCH3 is 1. The Kier molecular flexibility index (Phi) is 5.32. The summed E-state index contributed by atoms with van der Waals surface area (Å²) in [6.45, 7) is 5.52. The van der Waals surface area contributed by atoms with Gasteiger partial charge in [0.05, 0.1) is 12.5 Å². The first-order valence-electron chi connectivity index (χ1n) is 6.30. The van der Waals surface area contributed by atoms with Gasteiger partial charge >= 0.3 is 5.97 Å². The molecule has 3 nitrogen and oxygen atoms in total. The summed E-state index contributed by atoms with van der Waals surface area (Å²) in [5, 5.41) is 3.45. The van der Waals surface area contributed by atoms with Gasteiger partial charge in [-0.05, 0) is 32.9 Å². The van der Waals surface area contributed by atoms with E-state index in [4.69, 9.17) is 4.74 Å². The fraction of sp³-hybridized carbons (Fsp3) is 0.923. The van der Waals surface area contributed by atoms with Crippen LogP contribution in [0.2, 0.25) is 0 Å². The van der Waals surface area contributed by atoms with E-state index in [1.165, 1.54) is 32.8 Å². The number of esters is 1. The lowest BCUT2D eigenvalue weighted by molar-refractivity contribution is -0.150. The molecule has 0 aromatic heterocycles. The van der Waals surface area contributed by atoms with E-state index in [1.54, 1.807) is 0 Å². The van der Waals surface area contributed by atoms with Crippen molar-refractivity contribution in [2.45, 2.75) is 44.3 Å². The number of nitrogens with one attached hydrogen (secondary N) is 1. The predicted octanol–water partition coefficient (Wildman–Crippen LogP) is 2.45. The van der Waals surface area contributed by atoms with Crippen molar-refractivity contribution in [1.82, 2.24) is 5.32 Å². The van der Waals surface area contributed by atoms with E-state index < -0.39 is 5.41 Å². The largest absolute Gasteiger partial charge is 0.469 e. The molecular weight excluding hydrogens is 234 g/mol. The average molecular weight is 259 g/mol. The zero-order chi connectivity index (χ0) is 12.9. The van der Waals surface area contributed by atoms with E-state index in [0.717, 1.165) is 6.54 Å². The van der Waals surface area contributed by atoms with Crippen molar-refractivity contribution in [3.8, 4) is 0 Å². The highest BCUT2D eigenvalue weighted by Crippen LogP contribution is 2.39. The number of carbonyl (C=O) groups is 1. The number of thioether (sulfide) groups is 1. The van der Waals surface area contributed by atoms with Gasteiger partial charge in [-0.1, -0.05) is 12.8 Å². The van der Waals surface area contributed by atoms with Gasteiger partial charge in [0.2, 0.25) is 0 Å². The van der Waals surface area contributed by atoms with Crippen molar-refractivity contribution in [2.24, 2.45) is 5.41 Å². The molecule has 1 rings (SSSR count). The molecule has 4 heteroatoms. The molecule has 1 aliphatic carbocycles. The summed E-state index contributed by atoms with van der Waals surface area (Å²) in [4.78, 5) is 11.5. The number of carbonyl (C=O) groups excluding carboxylic acids is 1. The fourth-order valence-electron chi connectivity index (χ4n) is 2.42. The number of ether oxygens (including phenoxy) is 1. The second kappa shape index (κ2) is 6.10. The summed E-state index contributed by atoms with van der Waals surface area (Å²) in [5.41, 5.74) is -0.438. The van der Waals surface area contributed by atoms with Crippen LogP contribution in [0.3, 0.4) is 0 Å². The van der Waals surface area contributed by atoms with Crippen LogP contribution >= 0.6 is 11.8 Å². The lowest BCUT2D eigenvalue weighted by Gasteiger charge is -2.29. The van der Waals surface area contributed by atoms with Crippen LogP contribution in [-0.2, 0) is 9.53 Å². The van der Waals surface area contributed by atoms with Crippen molar-refractivity contribution in [2.75, 3.05) is 26.5 Å². The third-order valence-corrected chi connectivity index (χ3v) is 5.12. The number of hydrogen-bond acceptors (Lipinski definition) is 4. The van der Waals surface area contributed by atoms with E-state index in [9.17, 15) is 4.79 Å². The second-order valence-corrected chi connectivity index (χ2v) is 6.85. The summed E-state index contributed by atoms with van der Waals surface area (Å²) < 4.78 is 5.20. The molecule has 0 aromatic rings. The van der Waals surface area contributed by atoms with Crippen molar-refractivity contribution in [1.29, 1.82) is 0 Å². The zero-order valence-electron chi connectivity index (χ0n) is 11.5. The summed E-state index contributed by atoms with van der Waals surface area (Å²) in [6.07, 6.45) is 7.45. The molecule has 0 spiro atoms. The molecule has 0 heterocycles. The minimum atomic E-state index is -0.438. The molecule has 0 radical (unpaired) electrons. The number of rotatable bonds is 6. The van der Waals surface area contributed by atoms with Crippen LogP contribution in [0.25, 0.3) is 0 Å². The van der Waals surface area contributed by atoms with Crippen molar-refractivity contribution < 1.29 is 9.53 Å². The van der Waals surface area contributed by atoms with Gasteiger partial charge in [0, 0.05) is 17.8 Å². The van der Waals surface area contributed by atoms with Gasteiger partial charge < -0.3 is 10.1 Å². The van der Waals surface area contributed by atoms with Gasteiger partial charge in [0.15, 0.2) is 0 Å². The molecule has 0 saturated heterocycles. The Hall–Kier alpha value is -0.220.